The predicted molar refractivity (Wildman–Crippen MR) is 47.5 cm³/mol. The smallest absolute Gasteiger partial charge is 0.309 e. The van der Waals surface area contributed by atoms with E-state index in [-0.39, 0.29) is 12.1 Å². The van der Waals surface area contributed by atoms with Gasteiger partial charge < -0.3 is 20.3 Å². The number of nitrogens with two attached hydrogens (primary N) is 1. The highest BCUT2D eigenvalue weighted by atomic mass is 16.8. The first-order chi connectivity index (χ1) is 6.41. The van der Waals surface area contributed by atoms with Crippen molar-refractivity contribution in [1.29, 1.82) is 0 Å². The molecule has 1 saturated carbocycles. The molecule has 0 aromatic rings. The predicted octanol–water partition coefficient (Wildman–Crippen LogP) is -0.0617. The van der Waals surface area contributed by atoms with Crippen molar-refractivity contribution in [3.63, 3.8) is 0 Å². The monoisotopic (exact) mass is 201 g/mol. The van der Waals surface area contributed by atoms with E-state index in [9.17, 15) is 4.79 Å². The molecule has 80 valence electrons. The topological polar surface area (TPSA) is 81.8 Å². The van der Waals surface area contributed by atoms with Gasteiger partial charge in [-0.05, 0) is 20.3 Å². The van der Waals surface area contributed by atoms with Gasteiger partial charge in [0.05, 0.1) is 5.92 Å². The Morgan fingerprint density at radius 1 is 1.43 bits per heavy atom. The van der Waals surface area contributed by atoms with Crippen molar-refractivity contribution in [3.05, 3.63) is 0 Å². The average Bonchev–Trinajstić information content (AvgIpc) is 2.47. The first-order valence-corrected chi connectivity index (χ1v) is 4.75. The molecule has 2 fully saturated rings. The molecule has 1 heterocycles. The standard InChI is InChI=1S/C9H15NO4/c1-9(2)13-6-4(8(11)12)3-5(10)7(6)14-9/h4-7H,3,10H2,1-2H3,(H,11,12)/t4-,5+,6+,7-/m1/s1. The highest BCUT2D eigenvalue weighted by Crippen LogP contribution is 2.40. The Balaban J connectivity index is 2.19. The molecule has 1 aliphatic carbocycles. The van der Waals surface area contributed by atoms with Crippen LogP contribution in [0.4, 0.5) is 0 Å². The highest BCUT2D eigenvalue weighted by molar-refractivity contribution is 5.71. The molecule has 4 atom stereocenters. The third kappa shape index (κ3) is 1.41. The van der Waals surface area contributed by atoms with E-state index in [4.69, 9.17) is 20.3 Å². The number of carboxylic acid groups (broad SMARTS) is 1. The molecule has 0 unspecified atom stereocenters. The van der Waals surface area contributed by atoms with Gasteiger partial charge in [-0.2, -0.15) is 0 Å². The Morgan fingerprint density at radius 2 is 2.00 bits per heavy atom. The minimum absolute atomic E-state index is 0.233. The van der Waals surface area contributed by atoms with Gasteiger partial charge in [0.1, 0.15) is 12.2 Å². The average molecular weight is 201 g/mol. The van der Waals surface area contributed by atoms with Crippen molar-refractivity contribution in [1.82, 2.24) is 0 Å². The van der Waals surface area contributed by atoms with Gasteiger partial charge in [0.15, 0.2) is 5.79 Å². The first kappa shape index (κ1) is 9.89. The summed E-state index contributed by atoms with van der Waals surface area (Å²) in [5.74, 6) is -2.09. The van der Waals surface area contributed by atoms with Crippen LogP contribution in [0.5, 0.6) is 0 Å². The highest BCUT2D eigenvalue weighted by Gasteiger charge is 2.55. The molecule has 2 aliphatic rings. The van der Waals surface area contributed by atoms with Crippen LogP contribution in [-0.2, 0) is 14.3 Å². The van der Waals surface area contributed by atoms with Gasteiger partial charge in [0.2, 0.25) is 0 Å². The van der Waals surface area contributed by atoms with Gasteiger partial charge >= 0.3 is 5.97 Å². The fourth-order valence-electron chi connectivity index (χ4n) is 2.26. The summed E-state index contributed by atoms with van der Waals surface area (Å²) in [5.41, 5.74) is 5.80. The number of rotatable bonds is 1. The number of aliphatic carboxylic acids is 1. The SMILES string of the molecule is CC1(C)O[C@@H]2[C@H](O1)[C@@H](N)C[C@H]2C(=O)O. The minimum atomic E-state index is -0.853. The normalized spacial score (nSPS) is 45.1. The summed E-state index contributed by atoms with van der Waals surface area (Å²) >= 11 is 0. The maximum Gasteiger partial charge on any atom is 0.309 e. The van der Waals surface area contributed by atoms with Crippen LogP contribution in [0.3, 0.4) is 0 Å². The molecule has 1 aliphatic heterocycles. The Labute approximate surface area is 82.2 Å². The molecule has 0 spiro atoms. The number of carbonyl (C=O) groups is 1. The molecule has 2 rings (SSSR count). The van der Waals surface area contributed by atoms with Crippen LogP contribution in [0, 0.1) is 5.92 Å². The maximum absolute atomic E-state index is 10.9. The van der Waals surface area contributed by atoms with E-state index < -0.39 is 23.8 Å². The van der Waals surface area contributed by atoms with Crippen molar-refractivity contribution in [2.45, 2.75) is 44.3 Å². The van der Waals surface area contributed by atoms with Gasteiger partial charge in [0, 0.05) is 6.04 Å². The largest absolute Gasteiger partial charge is 0.481 e. The van der Waals surface area contributed by atoms with Crippen LogP contribution in [0.25, 0.3) is 0 Å². The van der Waals surface area contributed by atoms with E-state index in [1.165, 1.54) is 0 Å². The number of hydrogen-bond donors (Lipinski definition) is 2. The van der Waals surface area contributed by atoms with Crippen LogP contribution < -0.4 is 5.73 Å². The second-order valence-electron chi connectivity index (χ2n) is 4.41. The minimum Gasteiger partial charge on any atom is -0.481 e. The summed E-state index contributed by atoms with van der Waals surface area (Å²) in [7, 11) is 0. The van der Waals surface area contributed by atoms with Gasteiger partial charge in [-0.25, -0.2) is 0 Å². The van der Waals surface area contributed by atoms with E-state index in [2.05, 4.69) is 0 Å². The van der Waals surface area contributed by atoms with E-state index in [0.717, 1.165) is 0 Å². The summed E-state index contributed by atoms with van der Waals surface area (Å²) < 4.78 is 11.1. The quantitative estimate of drug-likeness (QED) is 0.621. The van der Waals surface area contributed by atoms with E-state index in [1.54, 1.807) is 13.8 Å². The van der Waals surface area contributed by atoms with E-state index in [1.807, 2.05) is 0 Å². The van der Waals surface area contributed by atoms with Crippen molar-refractivity contribution in [2.75, 3.05) is 0 Å². The van der Waals surface area contributed by atoms with Gasteiger partial charge in [-0.15, -0.1) is 0 Å². The molecule has 0 amide bonds. The molecule has 1 saturated heterocycles. The van der Waals surface area contributed by atoms with Crippen molar-refractivity contribution >= 4 is 5.97 Å². The van der Waals surface area contributed by atoms with Crippen molar-refractivity contribution < 1.29 is 19.4 Å². The molecule has 0 aromatic heterocycles. The van der Waals surface area contributed by atoms with Crippen LogP contribution in [0.2, 0.25) is 0 Å². The van der Waals surface area contributed by atoms with Crippen LogP contribution in [0.1, 0.15) is 20.3 Å². The third-order valence-corrected chi connectivity index (χ3v) is 2.83. The third-order valence-electron chi connectivity index (χ3n) is 2.83. The number of fused-ring (bicyclic) bond motifs is 1. The molecule has 5 nitrogen and oxygen atoms in total. The lowest BCUT2D eigenvalue weighted by Gasteiger charge is -2.20. The molecular weight excluding hydrogens is 186 g/mol. The number of ether oxygens (including phenoxy) is 2. The fourth-order valence-corrected chi connectivity index (χ4v) is 2.26. The molecule has 0 radical (unpaired) electrons. The van der Waals surface area contributed by atoms with E-state index in [0.29, 0.717) is 6.42 Å². The summed E-state index contributed by atoms with van der Waals surface area (Å²) in [5, 5.41) is 8.96. The van der Waals surface area contributed by atoms with Gasteiger partial charge in [0.25, 0.3) is 0 Å². The number of carboxylic acids is 1. The second kappa shape index (κ2) is 2.92. The molecule has 5 heteroatoms. The molecule has 0 aromatic carbocycles. The Hall–Kier alpha value is -0.650. The van der Waals surface area contributed by atoms with Gasteiger partial charge in [-0.3, -0.25) is 4.79 Å². The van der Waals surface area contributed by atoms with Crippen LogP contribution in [0.15, 0.2) is 0 Å². The summed E-state index contributed by atoms with van der Waals surface area (Å²) in [6, 6.07) is -0.233. The molecular formula is C9H15NO4. The summed E-state index contributed by atoms with van der Waals surface area (Å²) in [4.78, 5) is 10.9. The summed E-state index contributed by atoms with van der Waals surface area (Å²) in [6.45, 7) is 3.55. The Kier molecular flexibility index (Phi) is 2.06. The molecule has 14 heavy (non-hydrogen) atoms. The summed E-state index contributed by atoms with van der Waals surface area (Å²) in [6.07, 6.45) is -0.232. The van der Waals surface area contributed by atoms with Crippen LogP contribution >= 0.6 is 0 Å². The van der Waals surface area contributed by atoms with Crippen molar-refractivity contribution in [3.8, 4) is 0 Å². The molecule has 3 N–H and O–H groups in total. The zero-order chi connectivity index (χ0) is 10.5. The van der Waals surface area contributed by atoms with Crippen LogP contribution in [-0.4, -0.2) is 35.1 Å². The Morgan fingerprint density at radius 3 is 2.57 bits per heavy atom. The fraction of sp³-hybridized carbons (Fsp3) is 0.889. The Bertz CT molecular complexity index is 266. The van der Waals surface area contributed by atoms with E-state index >= 15 is 0 Å². The lowest BCUT2D eigenvalue weighted by molar-refractivity contribution is -0.166. The van der Waals surface area contributed by atoms with Crippen molar-refractivity contribution in [2.24, 2.45) is 11.7 Å². The second-order valence-corrected chi connectivity index (χ2v) is 4.41. The zero-order valence-electron chi connectivity index (χ0n) is 8.27. The lowest BCUT2D eigenvalue weighted by atomic mass is 10.1. The van der Waals surface area contributed by atoms with Gasteiger partial charge in [-0.1, -0.05) is 0 Å². The molecule has 0 bridgehead atoms. The number of hydrogen-bond acceptors (Lipinski definition) is 4. The first-order valence-electron chi connectivity index (χ1n) is 4.75. The maximum atomic E-state index is 10.9. The zero-order valence-corrected chi connectivity index (χ0v) is 8.27. The lowest BCUT2D eigenvalue weighted by Crippen LogP contribution is -2.35.